The molecule has 0 radical (unpaired) electrons. The van der Waals surface area contributed by atoms with Gasteiger partial charge in [-0.15, -0.1) is 0 Å². The van der Waals surface area contributed by atoms with Crippen LogP contribution in [0.25, 0.3) is 0 Å². The molecule has 1 N–H and O–H groups in total. The molecule has 2 heteroatoms. The predicted molar refractivity (Wildman–Crippen MR) is 106 cm³/mol. The van der Waals surface area contributed by atoms with Crippen LogP contribution in [-0.2, 0) is 0 Å². The van der Waals surface area contributed by atoms with Crippen LogP contribution in [0.2, 0.25) is 0 Å². The molecule has 0 unspecified atom stereocenters. The molecule has 1 nitrogen and oxygen atoms in total. The summed E-state index contributed by atoms with van der Waals surface area (Å²) < 4.78 is 12.1. The van der Waals surface area contributed by atoms with Gasteiger partial charge in [0.25, 0.3) is 0 Å². The predicted octanol–water partition coefficient (Wildman–Crippen LogP) is 7.57. The number of rotatable bonds is 4. The smallest absolute Gasteiger partial charge is 0.110 e. The SMILES string of the molecule is CC.CC.CC1CCCCC1.C\C=C/C(=C\C(=C/F)NC)CC. The first-order valence-corrected chi connectivity index (χ1v) is 9.49. The van der Waals surface area contributed by atoms with Crippen LogP contribution in [0.5, 0.6) is 0 Å². The Hall–Kier alpha value is -1.05. The number of halogens is 1. The van der Waals surface area contributed by atoms with Crippen LogP contribution in [0, 0.1) is 5.92 Å². The molecule has 0 aromatic rings. The van der Waals surface area contributed by atoms with E-state index in [1.807, 2.05) is 53.7 Å². The standard InChI is InChI=1S/C10H16FN.C7H14.2C2H6/c1-4-6-9(5-2)7-10(8-11)12-3;1-7-5-3-2-4-6-7;2*1-2/h4,6-8,12H,5H2,1-3H3;7H,2-6H2,1H3;2*1-2H3/b6-4-,9-7-,10-8+;;;. The van der Waals surface area contributed by atoms with Crippen molar-refractivity contribution >= 4 is 0 Å². The summed E-state index contributed by atoms with van der Waals surface area (Å²) in [6.07, 6.45) is 14.6. The molecule has 0 aromatic heterocycles. The molecule has 0 amide bonds. The molecule has 138 valence electrons. The van der Waals surface area contributed by atoms with E-state index in [-0.39, 0.29) is 0 Å². The van der Waals surface area contributed by atoms with E-state index in [0.717, 1.165) is 17.9 Å². The molecule has 0 bridgehead atoms. The summed E-state index contributed by atoms with van der Waals surface area (Å²) >= 11 is 0. The van der Waals surface area contributed by atoms with Crippen molar-refractivity contribution in [2.45, 2.75) is 87.0 Å². The quantitative estimate of drug-likeness (QED) is 0.525. The molecule has 0 saturated heterocycles. The van der Waals surface area contributed by atoms with Crippen molar-refractivity contribution in [3.8, 4) is 0 Å². The lowest BCUT2D eigenvalue weighted by Crippen LogP contribution is -2.02. The molecular formula is C21H42FN. The molecule has 0 spiro atoms. The Kier molecular flexibility index (Phi) is 27.1. The van der Waals surface area contributed by atoms with E-state index in [4.69, 9.17) is 0 Å². The molecular weight excluding hydrogens is 285 g/mol. The Morgan fingerprint density at radius 2 is 1.61 bits per heavy atom. The van der Waals surface area contributed by atoms with Crippen molar-refractivity contribution in [1.29, 1.82) is 0 Å². The van der Waals surface area contributed by atoms with Crippen molar-refractivity contribution < 1.29 is 4.39 Å². The zero-order chi connectivity index (χ0) is 18.5. The first kappa shape index (κ1) is 26.8. The fourth-order valence-electron chi connectivity index (χ4n) is 2.15. The highest BCUT2D eigenvalue weighted by Gasteiger charge is 2.05. The van der Waals surface area contributed by atoms with E-state index in [0.29, 0.717) is 12.0 Å². The first-order valence-electron chi connectivity index (χ1n) is 9.49. The summed E-state index contributed by atoms with van der Waals surface area (Å²) in [5, 5.41) is 2.75. The molecule has 1 rings (SSSR count). The van der Waals surface area contributed by atoms with Crippen molar-refractivity contribution in [2.24, 2.45) is 5.92 Å². The molecule has 0 atom stereocenters. The Bertz CT molecular complexity index is 297. The van der Waals surface area contributed by atoms with Gasteiger partial charge in [-0.05, 0) is 30.9 Å². The van der Waals surface area contributed by atoms with Gasteiger partial charge in [-0.25, -0.2) is 4.39 Å². The highest BCUT2D eigenvalue weighted by Crippen LogP contribution is 2.22. The zero-order valence-corrected chi connectivity index (χ0v) is 17.0. The van der Waals surface area contributed by atoms with Gasteiger partial charge in [-0.1, -0.05) is 85.8 Å². The average molecular weight is 328 g/mol. The van der Waals surface area contributed by atoms with Crippen LogP contribution in [0.15, 0.2) is 35.8 Å². The van der Waals surface area contributed by atoms with Gasteiger partial charge in [0.2, 0.25) is 0 Å². The number of hydrogen-bond donors (Lipinski definition) is 1. The van der Waals surface area contributed by atoms with Gasteiger partial charge < -0.3 is 5.32 Å². The van der Waals surface area contributed by atoms with Crippen LogP contribution in [0.4, 0.5) is 4.39 Å². The molecule has 23 heavy (non-hydrogen) atoms. The highest BCUT2D eigenvalue weighted by molar-refractivity contribution is 5.27. The van der Waals surface area contributed by atoms with E-state index in [1.54, 1.807) is 13.1 Å². The van der Waals surface area contributed by atoms with Gasteiger partial charge in [-0.2, -0.15) is 0 Å². The number of nitrogens with one attached hydrogen (secondary N) is 1. The second-order valence-electron chi connectivity index (χ2n) is 5.13. The molecule has 0 aromatic carbocycles. The molecule has 0 aliphatic heterocycles. The maximum atomic E-state index is 12.1. The van der Waals surface area contributed by atoms with Gasteiger partial charge in [0.15, 0.2) is 0 Å². The molecule has 0 heterocycles. The average Bonchev–Trinajstić information content (AvgIpc) is 2.63. The topological polar surface area (TPSA) is 12.0 Å². The van der Waals surface area contributed by atoms with E-state index >= 15 is 0 Å². The van der Waals surface area contributed by atoms with Gasteiger partial charge >= 0.3 is 0 Å². The highest BCUT2D eigenvalue weighted by atomic mass is 19.1. The van der Waals surface area contributed by atoms with Crippen molar-refractivity contribution in [3.63, 3.8) is 0 Å². The maximum Gasteiger partial charge on any atom is 0.110 e. The Labute approximate surface area is 146 Å². The van der Waals surface area contributed by atoms with Crippen molar-refractivity contribution in [3.05, 3.63) is 35.8 Å². The summed E-state index contributed by atoms with van der Waals surface area (Å²) in [6.45, 7) is 14.3. The Morgan fingerprint density at radius 1 is 1.09 bits per heavy atom. The van der Waals surface area contributed by atoms with Crippen molar-refractivity contribution in [1.82, 2.24) is 5.32 Å². The molecule has 1 fully saturated rings. The van der Waals surface area contributed by atoms with Gasteiger partial charge in [-0.3, -0.25) is 0 Å². The van der Waals surface area contributed by atoms with Crippen LogP contribution in [0.3, 0.4) is 0 Å². The van der Waals surface area contributed by atoms with E-state index in [2.05, 4.69) is 12.2 Å². The van der Waals surface area contributed by atoms with E-state index < -0.39 is 0 Å². The summed E-state index contributed by atoms with van der Waals surface area (Å²) in [5.41, 5.74) is 1.61. The van der Waals surface area contributed by atoms with Crippen LogP contribution in [-0.4, -0.2) is 7.05 Å². The Morgan fingerprint density at radius 3 is 1.87 bits per heavy atom. The van der Waals surface area contributed by atoms with Crippen LogP contribution < -0.4 is 5.32 Å². The fraction of sp³-hybridized carbons (Fsp3) is 0.714. The third kappa shape index (κ3) is 18.9. The Balaban J connectivity index is -0.000000307. The lowest BCUT2D eigenvalue weighted by molar-refractivity contribution is 0.385. The van der Waals surface area contributed by atoms with Crippen LogP contribution >= 0.6 is 0 Å². The summed E-state index contributed by atoms with van der Waals surface area (Å²) in [7, 11) is 1.70. The second-order valence-corrected chi connectivity index (χ2v) is 5.13. The van der Waals surface area contributed by atoms with Crippen LogP contribution in [0.1, 0.15) is 87.0 Å². The monoisotopic (exact) mass is 327 g/mol. The number of hydrogen-bond acceptors (Lipinski definition) is 1. The minimum absolute atomic E-state index is 0.505. The second kappa shape index (κ2) is 23.2. The summed E-state index contributed by atoms with van der Waals surface area (Å²) in [5.74, 6) is 1.04. The number of likely N-dealkylation sites (N-methyl/N-ethyl adjacent to an activating group) is 1. The molecule has 1 aliphatic rings. The lowest BCUT2D eigenvalue weighted by atomic mass is 9.91. The minimum atomic E-state index is 0.505. The van der Waals surface area contributed by atoms with Gasteiger partial charge in [0.1, 0.15) is 6.33 Å². The van der Waals surface area contributed by atoms with E-state index in [1.165, 1.54) is 32.1 Å². The van der Waals surface area contributed by atoms with Crippen molar-refractivity contribution in [2.75, 3.05) is 7.05 Å². The van der Waals surface area contributed by atoms with E-state index in [9.17, 15) is 4.39 Å². The third-order valence-corrected chi connectivity index (χ3v) is 3.43. The minimum Gasteiger partial charge on any atom is -0.386 e. The first-order chi connectivity index (χ1) is 11.2. The normalized spacial score (nSPS) is 15.5. The van der Waals surface area contributed by atoms with Gasteiger partial charge in [0, 0.05) is 7.05 Å². The molecule has 1 aliphatic carbocycles. The zero-order valence-electron chi connectivity index (χ0n) is 17.0. The third-order valence-electron chi connectivity index (χ3n) is 3.43. The fourth-order valence-corrected chi connectivity index (χ4v) is 2.15. The molecule has 1 saturated carbocycles. The summed E-state index contributed by atoms with van der Waals surface area (Å²) in [4.78, 5) is 0. The van der Waals surface area contributed by atoms with Gasteiger partial charge in [0.05, 0.1) is 5.70 Å². The lowest BCUT2D eigenvalue weighted by Gasteiger charge is -2.15. The summed E-state index contributed by atoms with van der Waals surface area (Å²) in [6, 6.07) is 0. The number of allylic oxidation sites excluding steroid dienone is 4. The maximum absolute atomic E-state index is 12.1. The largest absolute Gasteiger partial charge is 0.386 e.